The first-order valence-corrected chi connectivity index (χ1v) is 6.76. The number of rotatable bonds is 5. The number of halogens is 1. The molecule has 0 aromatic heterocycles. The van der Waals surface area contributed by atoms with Gasteiger partial charge in [-0.2, -0.15) is 0 Å². The summed E-state index contributed by atoms with van der Waals surface area (Å²) < 4.78 is 24.7. The SMILES string of the molecule is CNC(c1cc(OC)c(OC)cc1C)c1ccccc1F. The maximum Gasteiger partial charge on any atom is 0.161 e. The predicted molar refractivity (Wildman–Crippen MR) is 81.6 cm³/mol. The Bertz CT molecular complexity index is 628. The maximum absolute atomic E-state index is 14.1. The Kier molecular flexibility index (Phi) is 4.81. The molecule has 0 aliphatic rings. The molecule has 0 saturated carbocycles. The van der Waals surface area contributed by atoms with Gasteiger partial charge in [-0.15, -0.1) is 0 Å². The molecule has 0 radical (unpaired) electrons. The second-order valence-corrected chi connectivity index (χ2v) is 4.81. The molecule has 0 bridgehead atoms. The average molecular weight is 289 g/mol. The van der Waals surface area contributed by atoms with Crippen molar-refractivity contribution in [1.82, 2.24) is 5.32 Å². The van der Waals surface area contributed by atoms with E-state index in [2.05, 4.69) is 5.32 Å². The zero-order valence-electron chi connectivity index (χ0n) is 12.7. The van der Waals surface area contributed by atoms with Gasteiger partial charge in [-0.05, 0) is 43.3 Å². The normalized spacial score (nSPS) is 12.0. The second kappa shape index (κ2) is 6.59. The summed E-state index contributed by atoms with van der Waals surface area (Å²) >= 11 is 0. The van der Waals surface area contributed by atoms with Gasteiger partial charge in [-0.25, -0.2) is 4.39 Å². The van der Waals surface area contributed by atoms with Crippen molar-refractivity contribution in [3.05, 3.63) is 58.9 Å². The standard InChI is InChI=1S/C17H20FNO2/c1-11-9-15(20-3)16(21-4)10-13(11)17(19-2)12-7-5-6-8-14(12)18/h5-10,17,19H,1-4H3. The number of nitrogens with one attached hydrogen (secondary N) is 1. The summed E-state index contributed by atoms with van der Waals surface area (Å²) in [4.78, 5) is 0. The third-order valence-electron chi connectivity index (χ3n) is 3.59. The number of ether oxygens (including phenoxy) is 2. The van der Waals surface area contributed by atoms with Crippen molar-refractivity contribution in [2.24, 2.45) is 0 Å². The first-order chi connectivity index (χ1) is 10.1. The summed E-state index contributed by atoms with van der Waals surface area (Å²) in [7, 11) is 5.01. The fraction of sp³-hybridized carbons (Fsp3) is 0.294. The van der Waals surface area contributed by atoms with Gasteiger partial charge < -0.3 is 14.8 Å². The monoisotopic (exact) mass is 289 g/mol. The summed E-state index contributed by atoms with van der Waals surface area (Å²) in [5, 5.41) is 3.17. The van der Waals surface area contributed by atoms with Gasteiger partial charge in [-0.1, -0.05) is 18.2 Å². The van der Waals surface area contributed by atoms with Crippen LogP contribution in [0.4, 0.5) is 4.39 Å². The minimum Gasteiger partial charge on any atom is -0.493 e. The van der Waals surface area contributed by atoms with E-state index in [4.69, 9.17) is 9.47 Å². The highest BCUT2D eigenvalue weighted by Gasteiger charge is 2.20. The number of hydrogen-bond acceptors (Lipinski definition) is 3. The van der Waals surface area contributed by atoms with Crippen LogP contribution in [-0.2, 0) is 0 Å². The Morgan fingerprint density at radius 3 is 2.19 bits per heavy atom. The lowest BCUT2D eigenvalue weighted by Gasteiger charge is -2.21. The van der Waals surface area contributed by atoms with E-state index in [0.29, 0.717) is 17.1 Å². The van der Waals surface area contributed by atoms with Gasteiger partial charge in [0.15, 0.2) is 11.5 Å². The number of benzene rings is 2. The van der Waals surface area contributed by atoms with E-state index in [9.17, 15) is 4.39 Å². The molecule has 0 spiro atoms. The zero-order chi connectivity index (χ0) is 15.4. The molecule has 1 unspecified atom stereocenters. The first-order valence-electron chi connectivity index (χ1n) is 6.76. The lowest BCUT2D eigenvalue weighted by Crippen LogP contribution is -2.20. The van der Waals surface area contributed by atoms with E-state index in [-0.39, 0.29) is 11.9 Å². The van der Waals surface area contributed by atoms with Crippen LogP contribution in [0.25, 0.3) is 0 Å². The molecule has 4 heteroatoms. The molecule has 2 rings (SSSR count). The molecule has 0 aliphatic heterocycles. The van der Waals surface area contributed by atoms with Gasteiger partial charge in [0.2, 0.25) is 0 Å². The van der Waals surface area contributed by atoms with Crippen LogP contribution in [0.5, 0.6) is 11.5 Å². The molecule has 3 nitrogen and oxygen atoms in total. The van der Waals surface area contributed by atoms with Crippen molar-refractivity contribution in [2.75, 3.05) is 21.3 Å². The van der Waals surface area contributed by atoms with Crippen LogP contribution in [0.2, 0.25) is 0 Å². The molecule has 0 fully saturated rings. The number of methoxy groups -OCH3 is 2. The molecule has 0 saturated heterocycles. The topological polar surface area (TPSA) is 30.5 Å². The van der Waals surface area contributed by atoms with Crippen LogP contribution >= 0.6 is 0 Å². The summed E-state index contributed by atoms with van der Waals surface area (Å²) in [5.74, 6) is 1.07. The average Bonchev–Trinajstić information content (AvgIpc) is 2.50. The van der Waals surface area contributed by atoms with Crippen molar-refractivity contribution in [2.45, 2.75) is 13.0 Å². The molecule has 0 amide bonds. The molecule has 2 aromatic rings. The Balaban J connectivity index is 2.55. The van der Waals surface area contributed by atoms with Crippen LogP contribution in [0, 0.1) is 12.7 Å². The molecule has 0 heterocycles. The zero-order valence-corrected chi connectivity index (χ0v) is 12.7. The van der Waals surface area contributed by atoms with Crippen LogP contribution in [0.1, 0.15) is 22.7 Å². The van der Waals surface area contributed by atoms with E-state index in [1.165, 1.54) is 6.07 Å². The first kappa shape index (κ1) is 15.3. The summed E-state index contributed by atoms with van der Waals surface area (Å²) in [6, 6.07) is 10.3. The van der Waals surface area contributed by atoms with Crippen molar-refractivity contribution in [1.29, 1.82) is 0 Å². The minimum absolute atomic E-state index is 0.231. The van der Waals surface area contributed by atoms with Crippen LogP contribution in [0.15, 0.2) is 36.4 Å². The molecule has 1 N–H and O–H groups in total. The van der Waals surface area contributed by atoms with E-state index >= 15 is 0 Å². The Labute approximate surface area is 124 Å². The quantitative estimate of drug-likeness (QED) is 0.914. The van der Waals surface area contributed by atoms with E-state index in [1.807, 2.05) is 32.2 Å². The summed E-state index contributed by atoms with van der Waals surface area (Å²) in [6.07, 6.45) is 0. The molecular formula is C17H20FNO2. The van der Waals surface area contributed by atoms with Crippen molar-refractivity contribution in [3.8, 4) is 11.5 Å². The highest BCUT2D eigenvalue weighted by atomic mass is 19.1. The fourth-order valence-electron chi connectivity index (χ4n) is 2.50. The Morgan fingerprint density at radius 2 is 1.62 bits per heavy atom. The van der Waals surface area contributed by atoms with Crippen LogP contribution < -0.4 is 14.8 Å². The maximum atomic E-state index is 14.1. The predicted octanol–water partition coefficient (Wildman–Crippen LogP) is 3.46. The number of aryl methyl sites for hydroxylation is 1. The smallest absolute Gasteiger partial charge is 0.161 e. The van der Waals surface area contributed by atoms with E-state index in [0.717, 1.165) is 11.1 Å². The summed E-state index contributed by atoms with van der Waals surface area (Å²) in [6.45, 7) is 1.97. The Morgan fingerprint density at radius 1 is 1.00 bits per heavy atom. The van der Waals surface area contributed by atoms with Crippen LogP contribution in [0.3, 0.4) is 0 Å². The molecule has 112 valence electrons. The summed E-state index contributed by atoms with van der Waals surface area (Å²) in [5.41, 5.74) is 2.57. The van der Waals surface area contributed by atoms with Gasteiger partial charge in [0, 0.05) is 5.56 Å². The highest BCUT2D eigenvalue weighted by molar-refractivity contribution is 5.50. The van der Waals surface area contributed by atoms with Gasteiger partial charge >= 0.3 is 0 Å². The third-order valence-corrected chi connectivity index (χ3v) is 3.59. The lowest BCUT2D eigenvalue weighted by molar-refractivity contribution is 0.354. The largest absolute Gasteiger partial charge is 0.493 e. The fourth-order valence-corrected chi connectivity index (χ4v) is 2.50. The number of hydrogen-bond donors (Lipinski definition) is 1. The highest BCUT2D eigenvalue weighted by Crippen LogP contribution is 2.35. The minimum atomic E-state index is -0.244. The molecule has 0 aliphatic carbocycles. The van der Waals surface area contributed by atoms with Gasteiger partial charge in [0.1, 0.15) is 5.82 Å². The molecule has 2 aromatic carbocycles. The van der Waals surface area contributed by atoms with Crippen LogP contribution in [-0.4, -0.2) is 21.3 Å². The van der Waals surface area contributed by atoms with Crippen molar-refractivity contribution >= 4 is 0 Å². The lowest BCUT2D eigenvalue weighted by atomic mass is 9.94. The van der Waals surface area contributed by atoms with E-state index < -0.39 is 0 Å². The third kappa shape index (κ3) is 3.00. The Hall–Kier alpha value is -2.07. The van der Waals surface area contributed by atoms with Crippen molar-refractivity contribution in [3.63, 3.8) is 0 Å². The van der Waals surface area contributed by atoms with Gasteiger partial charge in [0.05, 0.1) is 20.3 Å². The van der Waals surface area contributed by atoms with Gasteiger partial charge in [0.25, 0.3) is 0 Å². The molecular weight excluding hydrogens is 269 g/mol. The second-order valence-electron chi connectivity index (χ2n) is 4.81. The van der Waals surface area contributed by atoms with Gasteiger partial charge in [-0.3, -0.25) is 0 Å². The van der Waals surface area contributed by atoms with E-state index in [1.54, 1.807) is 26.4 Å². The van der Waals surface area contributed by atoms with Crippen molar-refractivity contribution < 1.29 is 13.9 Å². The molecule has 21 heavy (non-hydrogen) atoms. The molecule has 1 atom stereocenters.